The molecule has 0 saturated carbocycles. The van der Waals surface area contributed by atoms with Crippen molar-refractivity contribution in [3.8, 4) is 17.2 Å². The molecule has 1 saturated heterocycles. The van der Waals surface area contributed by atoms with Gasteiger partial charge in [0, 0.05) is 25.4 Å². The minimum atomic E-state index is -0.438. The lowest BCUT2D eigenvalue weighted by Crippen LogP contribution is -2.45. The van der Waals surface area contributed by atoms with E-state index in [1.54, 1.807) is 19.2 Å². The minimum absolute atomic E-state index is 0.0595. The van der Waals surface area contributed by atoms with E-state index in [0.717, 1.165) is 19.4 Å². The SMILES string of the molecule is COc1ccc(C(=O)NC[C@@H]2CCNCC2O)c2c1OCCCO2. The molecule has 2 aliphatic rings. The normalized spacial score (nSPS) is 23.2. The van der Waals surface area contributed by atoms with Crippen LogP contribution >= 0.6 is 0 Å². The summed E-state index contributed by atoms with van der Waals surface area (Å²) in [6.07, 6.45) is 1.15. The molecule has 0 radical (unpaired) electrons. The number of aliphatic hydroxyl groups excluding tert-OH is 1. The summed E-state index contributed by atoms with van der Waals surface area (Å²) in [4.78, 5) is 12.6. The van der Waals surface area contributed by atoms with E-state index in [4.69, 9.17) is 14.2 Å². The number of fused-ring (bicyclic) bond motifs is 1. The molecule has 0 spiro atoms. The molecule has 0 aliphatic carbocycles. The molecule has 24 heavy (non-hydrogen) atoms. The topological polar surface area (TPSA) is 89.1 Å². The highest BCUT2D eigenvalue weighted by molar-refractivity contribution is 5.98. The molecule has 132 valence electrons. The third-order valence-electron chi connectivity index (χ3n) is 4.44. The molecule has 3 rings (SSSR count). The number of benzene rings is 1. The zero-order valence-electron chi connectivity index (χ0n) is 13.8. The second-order valence-corrected chi connectivity index (χ2v) is 6.05. The molecule has 3 N–H and O–H groups in total. The van der Waals surface area contributed by atoms with Crippen molar-refractivity contribution in [3.63, 3.8) is 0 Å². The maximum atomic E-state index is 12.6. The van der Waals surface area contributed by atoms with Gasteiger partial charge < -0.3 is 30.0 Å². The van der Waals surface area contributed by atoms with Gasteiger partial charge >= 0.3 is 0 Å². The van der Waals surface area contributed by atoms with Crippen LogP contribution in [0.5, 0.6) is 17.2 Å². The lowest BCUT2D eigenvalue weighted by Gasteiger charge is -2.28. The second kappa shape index (κ2) is 7.72. The van der Waals surface area contributed by atoms with Crippen molar-refractivity contribution < 1.29 is 24.1 Å². The van der Waals surface area contributed by atoms with Crippen molar-refractivity contribution in [2.45, 2.75) is 18.9 Å². The van der Waals surface area contributed by atoms with Crippen molar-refractivity contribution in [2.75, 3.05) is 40.0 Å². The molecule has 2 atom stereocenters. The van der Waals surface area contributed by atoms with Crippen molar-refractivity contribution >= 4 is 5.91 Å². The average Bonchev–Trinajstić information content (AvgIpc) is 2.86. The molecular formula is C17H24N2O5. The van der Waals surface area contributed by atoms with Crippen LogP contribution in [0.2, 0.25) is 0 Å². The van der Waals surface area contributed by atoms with Gasteiger partial charge in [0.25, 0.3) is 5.91 Å². The van der Waals surface area contributed by atoms with Gasteiger partial charge in [-0.25, -0.2) is 0 Å². The van der Waals surface area contributed by atoms with Crippen LogP contribution in [0.25, 0.3) is 0 Å². The molecule has 0 aromatic heterocycles. The number of piperidine rings is 1. The molecule has 1 aromatic rings. The Labute approximate surface area is 141 Å². The molecular weight excluding hydrogens is 312 g/mol. The van der Waals surface area contributed by atoms with Crippen molar-refractivity contribution in [3.05, 3.63) is 17.7 Å². The average molecular weight is 336 g/mol. The number of rotatable bonds is 4. The third kappa shape index (κ3) is 3.57. The van der Waals surface area contributed by atoms with Crippen LogP contribution in [0.15, 0.2) is 12.1 Å². The molecule has 7 heteroatoms. The Morgan fingerprint density at radius 3 is 2.92 bits per heavy atom. The summed E-state index contributed by atoms with van der Waals surface area (Å²) in [5.41, 5.74) is 0.427. The monoisotopic (exact) mass is 336 g/mol. The predicted octanol–water partition coefficient (Wildman–Crippen LogP) is 0.557. The van der Waals surface area contributed by atoms with E-state index in [9.17, 15) is 9.90 Å². The fourth-order valence-electron chi connectivity index (χ4n) is 3.03. The van der Waals surface area contributed by atoms with E-state index in [-0.39, 0.29) is 11.8 Å². The van der Waals surface area contributed by atoms with Crippen molar-refractivity contribution in [1.29, 1.82) is 0 Å². The highest BCUT2D eigenvalue weighted by Gasteiger charge is 2.26. The number of amides is 1. The van der Waals surface area contributed by atoms with Gasteiger partial charge in [-0.15, -0.1) is 0 Å². The van der Waals surface area contributed by atoms with Crippen LogP contribution in [-0.2, 0) is 0 Å². The van der Waals surface area contributed by atoms with Gasteiger partial charge in [0.05, 0.1) is 32.0 Å². The van der Waals surface area contributed by atoms with Crippen LogP contribution in [0, 0.1) is 5.92 Å². The van der Waals surface area contributed by atoms with E-state index in [1.807, 2.05) is 0 Å². The Balaban J connectivity index is 1.74. The first kappa shape index (κ1) is 16.9. The number of aliphatic hydroxyl groups is 1. The maximum Gasteiger partial charge on any atom is 0.255 e. The van der Waals surface area contributed by atoms with Gasteiger partial charge in [0.2, 0.25) is 5.75 Å². The highest BCUT2D eigenvalue weighted by Crippen LogP contribution is 2.41. The zero-order chi connectivity index (χ0) is 16.9. The Kier molecular flexibility index (Phi) is 5.42. The first-order valence-electron chi connectivity index (χ1n) is 8.34. The van der Waals surface area contributed by atoms with E-state index >= 15 is 0 Å². The molecule has 1 fully saturated rings. The Hall–Kier alpha value is -1.99. The fourth-order valence-corrected chi connectivity index (χ4v) is 3.03. The first-order valence-corrected chi connectivity index (χ1v) is 8.34. The Bertz CT molecular complexity index is 593. The quantitative estimate of drug-likeness (QED) is 0.744. The second-order valence-electron chi connectivity index (χ2n) is 6.05. The number of carbonyl (C=O) groups is 1. The van der Waals surface area contributed by atoms with E-state index in [0.29, 0.717) is 49.1 Å². The van der Waals surface area contributed by atoms with Gasteiger partial charge in [0.15, 0.2) is 11.5 Å². The summed E-state index contributed by atoms with van der Waals surface area (Å²) >= 11 is 0. The molecule has 7 nitrogen and oxygen atoms in total. The van der Waals surface area contributed by atoms with Crippen LogP contribution in [0.3, 0.4) is 0 Å². The van der Waals surface area contributed by atoms with Crippen LogP contribution in [0.1, 0.15) is 23.2 Å². The lowest BCUT2D eigenvalue weighted by molar-refractivity contribution is 0.0752. The summed E-state index contributed by atoms with van der Waals surface area (Å²) in [6.45, 7) is 2.87. The summed E-state index contributed by atoms with van der Waals surface area (Å²) < 4.78 is 16.7. The number of hydrogen-bond acceptors (Lipinski definition) is 6. The summed E-state index contributed by atoms with van der Waals surface area (Å²) in [7, 11) is 1.56. The molecule has 0 bridgehead atoms. The van der Waals surface area contributed by atoms with Gasteiger partial charge in [-0.1, -0.05) is 0 Å². The maximum absolute atomic E-state index is 12.6. The molecule has 1 amide bonds. The van der Waals surface area contributed by atoms with Gasteiger partial charge in [0.1, 0.15) is 0 Å². The number of hydrogen-bond donors (Lipinski definition) is 3. The Morgan fingerprint density at radius 2 is 2.17 bits per heavy atom. The van der Waals surface area contributed by atoms with Crippen LogP contribution in [-0.4, -0.2) is 57.1 Å². The number of carbonyl (C=O) groups excluding carboxylic acids is 1. The van der Waals surface area contributed by atoms with Gasteiger partial charge in [-0.3, -0.25) is 4.79 Å². The molecule has 1 aromatic carbocycles. The summed E-state index contributed by atoms with van der Waals surface area (Å²) in [5.74, 6) is 1.28. The summed E-state index contributed by atoms with van der Waals surface area (Å²) in [6, 6.07) is 3.39. The molecule has 2 aliphatic heterocycles. The predicted molar refractivity (Wildman–Crippen MR) is 87.9 cm³/mol. The highest BCUT2D eigenvalue weighted by atomic mass is 16.5. The van der Waals surface area contributed by atoms with Gasteiger partial charge in [-0.05, 0) is 25.1 Å². The number of nitrogens with one attached hydrogen (secondary N) is 2. The lowest BCUT2D eigenvalue weighted by atomic mass is 9.95. The van der Waals surface area contributed by atoms with E-state index < -0.39 is 6.10 Å². The van der Waals surface area contributed by atoms with Gasteiger partial charge in [-0.2, -0.15) is 0 Å². The standard InChI is InChI=1S/C17H24N2O5/c1-22-14-4-3-12(15-16(14)24-8-2-7-23-15)17(21)19-9-11-5-6-18-10-13(11)20/h3-4,11,13,18,20H,2,5-10H2,1H3,(H,19,21)/t11-,13?/m0/s1. The number of β-amino-alcohol motifs (C(OH)–C–C–N with tert-alkyl or cyclic N) is 1. The fraction of sp³-hybridized carbons (Fsp3) is 0.588. The number of methoxy groups -OCH3 is 1. The molecule has 1 unspecified atom stereocenters. The number of ether oxygens (including phenoxy) is 3. The van der Waals surface area contributed by atoms with E-state index in [2.05, 4.69) is 10.6 Å². The summed E-state index contributed by atoms with van der Waals surface area (Å²) in [5, 5.41) is 16.0. The first-order chi connectivity index (χ1) is 11.7. The van der Waals surface area contributed by atoms with Crippen LogP contribution in [0.4, 0.5) is 0 Å². The Morgan fingerprint density at radius 1 is 1.38 bits per heavy atom. The van der Waals surface area contributed by atoms with Crippen LogP contribution < -0.4 is 24.8 Å². The molecule has 2 heterocycles. The van der Waals surface area contributed by atoms with Crippen molar-refractivity contribution in [2.24, 2.45) is 5.92 Å². The smallest absolute Gasteiger partial charge is 0.255 e. The largest absolute Gasteiger partial charge is 0.493 e. The minimum Gasteiger partial charge on any atom is -0.493 e. The zero-order valence-corrected chi connectivity index (χ0v) is 13.8. The van der Waals surface area contributed by atoms with Crippen molar-refractivity contribution in [1.82, 2.24) is 10.6 Å². The van der Waals surface area contributed by atoms with E-state index in [1.165, 1.54) is 0 Å². The third-order valence-corrected chi connectivity index (χ3v) is 4.44.